The zero-order valence-electron chi connectivity index (χ0n) is 9.77. The van der Waals surface area contributed by atoms with E-state index in [0.717, 1.165) is 22.1 Å². The van der Waals surface area contributed by atoms with Crippen LogP contribution in [0.3, 0.4) is 0 Å². The quantitative estimate of drug-likeness (QED) is 0.928. The van der Waals surface area contributed by atoms with Crippen LogP contribution in [0.1, 0.15) is 32.3 Å². The van der Waals surface area contributed by atoms with Crippen molar-refractivity contribution in [3.05, 3.63) is 20.6 Å². The fourth-order valence-electron chi connectivity index (χ4n) is 1.34. The van der Waals surface area contributed by atoms with Crippen molar-refractivity contribution in [2.75, 3.05) is 5.32 Å². The summed E-state index contributed by atoms with van der Waals surface area (Å²) in [6.45, 7) is 5.72. The normalized spacial score (nSPS) is 10.5. The summed E-state index contributed by atoms with van der Waals surface area (Å²) in [5, 5.41) is 12.9. The summed E-state index contributed by atoms with van der Waals surface area (Å²) in [4.78, 5) is 16.8. The molecular formula is C10H12N4OS2. The van der Waals surface area contributed by atoms with Gasteiger partial charge in [-0.1, -0.05) is 18.3 Å². The van der Waals surface area contributed by atoms with Crippen LogP contribution in [0.4, 0.5) is 5.13 Å². The molecule has 17 heavy (non-hydrogen) atoms. The Morgan fingerprint density at radius 2 is 2.06 bits per heavy atom. The summed E-state index contributed by atoms with van der Waals surface area (Å²) in [5.41, 5.74) is 0.755. The Morgan fingerprint density at radius 1 is 1.29 bits per heavy atom. The Kier molecular flexibility index (Phi) is 3.49. The van der Waals surface area contributed by atoms with E-state index >= 15 is 0 Å². The van der Waals surface area contributed by atoms with Crippen molar-refractivity contribution in [1.82, 2.24) is 15.2 Å². The van der Waals surface area contributed by atoms with Gasteiger partial charge in [-0.3, -0.25) is 10.1 Å². The van der Waals surface area contributed by atoms with Crippen molar-refractivity contribution in [2.45, 2.75) is 27.2 Å². The molecule has 0 unspecified atom stereocenters. The highest BCUT2D eigenvalue weighted by molar-refractivity contribution is 7.16. The third kappa shape index (κ3) is 2.67. The van der Waals surface area contributed by atoms with Crippen molar-refractivity contribution in [3.63, 3.8) is 0 Å². The van der Waals surface area contributed by atoms with Crippen LogP contribution in [0.5, 0.6) is 0 Å². The van der Waals surface area contributed by atoms with Gasteiger partial charge in [0.2, 0.25) is 5.13 Å². The number of carbonyl (C=O) groups is 1. The Hall–Kier alpha value is -1.34. The summed E-state index contributed by atoms with van der Waals surface area (Å²) >= 11 is 2.79. The predicted molar refractivity (Wildman–Crippen MR) is 68.8 cm³/mol. The number of thiazole rings is 1. The molecule has 0 spiro atoms. The molecule has 2 heterocycles. The minimum atomic E-state index is -0.160. The van der Waals surface area contributed by atoms with Gasteiger partial charge in [-0.05, 0) is 20.3 Å². The Bertz CT molecular complexity index is 546. The fourth-order valence-corrected chi connectivity index (χ4v) is 2.83. The topological polar surface area (TPSA) is 67.8 Å². The molecule has 0 saturated carbocycles. The second kappa shape index (κ2) is 4.89. The molecule has 0 radical (unpaired) electrons. The van der Waals surface area contributed by atoms with Crippen molar-refractivity contribution in [3.8, 4) is 0 Å². The van der Waals surface area contributed by atoms with Crippen LogP contribution in [-0.4, -0.2) is 21.1 Å². The number of amides is 1. The Balaban J connectivity index is 2.14. The molecule has 1 N–H and O–H groups in total. The standard InChI is InChI=1S/C10H12N4OS2/c1-4-7-13-14-10(17-7)12-9(15)8-5(2)11-6(3)16-8/h4H2,1-3H3,(H,12,14,15). The molecule has 0 aliphatic carbocycles. The molecule has 2 rings (SSSR count). The van der Waals surface area contributed by atoms with Gasteiger partial charge in [0, 0.05) is 0 Å². The SMILES string of the molecule is CCc1nnc(NC(=O)c2sc(C)nc2C)s1. The molecule has 7 heteroatoms. The average Bonchev–Trinajstić information content (AvgIpc) is 2.85. The largest absolute Gasteiger partial charge is 0.296 e. The van der Waals surface area contributed by atoms with Crippen molar-refractivity contribution in [2.24, 2.45) is 0 Å². The number of carbonyl (C=O) groups excluding carboxylic acids is 1. The number of nitrogens with one attached hydrogen (secondary N) is 1. The molecule has 0 aromatic carbocycles. The molecule has 0 bridgehead atoms. The van der Waals surface area contributed by atoms with E-state index in [9.17, 15) is 4.79 Å². The molecule has 90 valence electrons. The third-order valence-electron chi connectivity index (χ3n) is 2.10. The van der Waals surface area contributed by atoms with E-state index in [1.807, 2.05) is 20.8 Å². The minimum absolute atomic E-state index is 0.160. The number of aryl methyl sites for hydroxylation is 3. The van der Waals surface area contributed by atoms with E-state index in [1.54, 1.807) is 0 Å². The number of rotatable bonds is 3. The van der Waals surface area contributed by atoms with Gasteiger partial charge in [0.05, 0.1) is 10.7 Å². The highest BCUT2D eigenvalue weighted by Crippen LogP contribution is 2.20. The van der Waals surface area contributed by atoms with Crippen LogP contribution in [-0.2, 0) is 6.42 Å². The van der Waals surface area contributed by atoms with Crippen LogP contribution in [0, 0.1) is 13.8 Å². The molecule has 2 aromatic heterocycles. The molecule has 0 fully saturated rings. The van der Waals surface area contributed by atoms with Crippen LogP contribution < -0.4 is 5.32 Å². The predicted octanol–water partition coefficient (Wildman–Crippen LogP) is 2.43. The average molecular weight is 268 g/mol. The molecular weight excluding hydrogens is 256 g/mol. The maximum absolute atomic E-state index is 11.9. The first-order chi connectivity index (χ1) is 8.10. The number of aromatic nitrogens is 3. The molecule has 0 saturated heterocycles. The third-order valence-corrected chi connectivity index (χ3v) is 4.15. The van der Waals surface area contributed by atoms with Gasteiger partial charge >= 0.3 is 0 Å². The summed E-state index contributed by atoms with van der Waals surface area (Å²) in [6.07, 6.45) is 0.826. The lowest BCUT2D eigenvalue weighted by Gasteiger charge is -1.97. The molecule has 0 atom stereocenters. The van der Waals surface area contributed by atoms with Gasteiger partial charge < -0.3 is 0 Å². The summed E-state index contributed by atoms with van der Waals surface area (Å²) in [7, 11) is 0. The Morgan fingerprint density at radius 3 is 2.59 bits per heavy atom. The van der Waals surface area contributed by atoms with Gasteiger partial charge in [0.1, 0.15) is 9.88 Å². The second-order valence-electron chi connectivity index (χ2n) is 3.46. The highest BCUT2D eigenvalue weighted by atomic mass is 32.1. The van der Waals surface area contributed by atoms with Crippen molar-refractivity contribution < 1.29 is 4.79 Å². The molecule has 1 amide bonds. The number of hydrogen-bond donors (Lipinski definition) is 1. The molecule has 5 nitrogen and oxygen atoms in total. The fraction of sp³-hybridized carbons (Fsp3) is 0.400. The first-order valence-electron chi connectivity index (χ1n) is 5.18. The summed E-state index contributed by atoms with van der Waals surface area (Å²) in [5.74, 6) is -0.160. The van der Waals surface area contributed by atoms with Gasteiger partial charge in [-0.2, -0.15) is 0 Å². The van der Waals surface area contributed by atoms with Gasteiger partial charge in [0.15, 0.2) is 0 Å². The maximum atomic E-state index is 11.9. The molecule has 2 aromatic rings. The van der Waals surface area contributed by atoms with E-state index in [1.165, 1.54) is 22.7 Å². The second-order valence-corrected chi connectivity index (χ2v) is 5.72. The van der Waals surface area contributed by atoms with E-state index in [2.05, 4.69) is 20.5 Å². The lowest BCUT2D eigenvalue weighted by Crippen LogP contribution is -2.11. The number of nitrogens with zero attached hydrogens (tertiary/aromatic N) is 3. The van der Waals surface area contributed by atoms with Crippen molar-refractivity contribution in [1.29, 1.82) is 0 Å². The van der Waals surface area contributed by atoms with Crippen molar-refractivity contribution >= 4 is 33.7 Å². The maximum Gasteiger partial charge on any atom is 0.269 e. The van der Waals surface area contributed by atoms with E-state index in [0.29, 0.717) is 10.0 Å². The lowest BCUT2D eigenvalue weighted by molar-refractivity contribution is 0.102. The minimum Gasteiger partial charge on any atom is -0.296 e. The lowest BCUT2D eigenvalue weighted by atomic mass is 10.4. The number of hydrogen-bond acceptors (Lipinski definition) is 6. The molecule has 0 aliphatic rings. The monoisotopic (exact) mass is 268 g/mol. The smallest absolute Gasteiger partial charge is 0.269 e. The first-order valence-corrected chi connectivity index (χ1v) is 6.81. The zero-order chi connectivity index (χ0) is 12.4. The summed E-state index contributed by atoms with van der Waals surface area (Å²) < 4.78 is 0. The van der Waals surface area contributed by atoms with E-state index in [-0.39, 0.29) is 5.91 Å². The highest BCUT2D eigenvalue weighted by Gasteiger charge is 2.15. The van der Waals surface area contributed by atoms with Crippen LogP contribution in [0.25, 0.3) is 0 Å². The Labute approximate surface area is 107 Å². The summed E-state index contributed by atoms with van der Waals surface area (Å²) in [6, 6.07) is 0. The van der Waals surface area contributed by atoms with Crippen LogP contribution >= 0.6 is 22.7 Å². The first kappa shape index (κ1) is 12.1. The van der Waals surface area contributed by atoms with Crippen LogP contribution in [0.2, 0.25) is 0 Å². The van der Waals surface area contributed by atoms with Gasteiger partial charge in [0.25, 0.3) is 5.91 Å². The van der Waals surface area contributed by atoms with Gasteiger partial charge in [-0.15, -0.1) is 21.5 Å². The van der Waals surface area contributed by atoms with Crippen LogP contribution in [0.15, 0.2) is 0 Å². The number of anilines is 1. The van der Waals surface area contributed by atoms with E-state index < -0.39 is 0 Å². The van der Waals surface area contributed by atoms with Gasteiger partial charge in [-0.25, -0.2) is 4.98 Å². The van der Waals surface area contributed by atoms with E-state index in [4.69, 9.17) is 0 Å². The molecule has 0 aliphatic heterocycles. The zero-order valence-corrected chi connectivity index (χ0v) is 11.4.